The Bertz CT molecular complexity index is 737. The van der Waals surface area contributed by atoms with Gasteiger partial charge in [0.1, 0.15) is 6.33 Å². The van der Waals surface area contributed by atoms with Crippen molar-refractivity contribution in [3.8, 4) is 0 Å². The Kier molecular flexibility index (Phi) is 3.99. The van der Waals surface area contributed by atoms with Crippen LogP contribution >= 0.6 is 12.4 Å². The summed E-state index contributed by atoms with van der Waals surface area (Å²) in [5.74, 6) is 2.30. The van der Waals surface area contributed by atoms with Crippen molar-refractivity contribution < 1.29 is 0 Å². The average Bonchev–Trinajstić information content (AvgIpc) is 3.16. The molecule has 6 nitrogen and oxygen atoms in total. The Hall–Kier alpha value is -1.40. The minimum Gasteiger partial charge on any atom is -0.316 e. The molecule has 1 saturated carbocycles. The van der Waals surface area contributed by atoms with Crippen LogP contribution in [0.2, 0.25) is 0 Å². The Labute approximate surface area is 135 Å². The fraction of sp³-hybridized carbons (Fsp3) is 0.667. The monoisotopic (exact) mass is 323 g/mol. The number of rotatable bonds is 3. The second-order valence-electron chi connectivity index (χ2n) is 6.77. The van der Waals surface area contributed by atoms with Crippen LogP contribution < -0.4 is 10.9 Å². The van der Waals surface area contributed by atoms with E-state index in [0.29, 0.717) is 17.7 Å². The standard InChI is InChI=1S/C15H21N5O.ClH/c1-9(2)13-7-19(15-17-8-18-20(15)14(13)21)6-11-4-12-3-10(11)5-16-12;/h7-12,16H,3-6H2,1-2H3;1H/t10-,11-,12-;/m0./s1. The van der Waals surface area contributed by atoms with E-state index in [1.807, 2.05) is 20.0 Å². The lowest BCUT2D eigenvalue weighted by atomic mass is 9.95. The molecule has 1 aliphatic carbocycles. The van der Waals surface area contributed by atoms with Crippen LogP contribution in [0.3, 0.4) is 0 Å². The third-order valence-electron chi connectivity index (χ3n) is 5.08. The Balaban J connectivity index is 0.00000144. The lowest BCUT2D eigenvalue weighted by Crippen LogP contribution is -2.32. The number of piperidine rings is 1. The molecule has 0 unspecified atom stereocenters. The number of nitrogens with zero attached hydrogens (tertiary/aromatic N) is 4. The van der Waals surface area contributed by atoms with Crippen LogP contribution in [0.25, 0.3) is 5.78 Å². The number of halogens is 1. The molecule has 0 amide bonds. The Morgan fingerprint density at radius 1 is 1.41 bits per heavy atom. The number of fused-ring (bicyclic) bond motifs is 3. The van der Waals surface area contributed by atoms with Crippen LogP contribution in [0, 0.1) is 11.8 Å². The zero-order valence-electron chi connectivity index (χ0n) is 12.9. The molecule has 2 aliphatic rings. The zero-order chi connectivity index (χ0) is 14.6. The van der Waals surface area contributed by atoms with Crippen molar-refractivity contribution in [2.24, 2.45) is 11.8 Å². The molecule has 7 heteroatoms. The van der Waals surface area contributed by atoms with Crippen LogP contribution in [0.1, 0.15) is 38.2 Å². The van der Waals surface area contributed by atoms with Gasteiger partial charge in [0.25, 0.3) is 5.56 Å². The van der Waals surface area contributed by atoms with E-state index < -0.39 is 0 Å². The van der Waals surface area contributed by atoms with Gasteiger partial charge in [-0.25, -0.2) is 0 Å². The van der Waals surface area contributed by atoms with Gasteiger partial charge in [-0.05, 0) is 37.1 Å². The first-order chi connectivity index (χ1) is 10.1. The maximum Gasteiger partial charge on any atom is 0.279 e. The van der Waals surface area contributed by atoms with Crippen LogP contribution in [-0.4, -0.2) is 31.8 Å². The number of hydrogen-bond acceptors (Lipinski definition) is 4. The molecule has 2 bridgehead atoms. The average molecular weight is 324 g/mol. The van der Waals surface area contributed by atoms with Crippen LogP contribution in [0.4, 0.5) is 0 Å². The second kappa shape index (κ2) is 5.66. The zero-order valence-corrected chi connectivity index (χ0v) is 13.7. The Morgan fingerprint density at radius 3 is 2.86 bits per heavy atom. The first kappa shape index (κ1) is 15.5. The summed E-state index contributed by atoms with van der Waals surface area (Å²) in [6, 6.07) is 0.692. The Morgan fingerprint density at radius 2 is 2.23 bits per heavy atom. The van der Waals surface area contributed by atoms with Crippen molar-refractivity contribution >= 4 is 18.2 Å². The molecule has 0 radical (unpaired) electrons. The van der Waals surface area contributed by atoms with Gasteiger partial charge in [0.05, 0.1) is 0 Å². The summed E-state index contributed by atoms with van der Waals surface area (Å²) in [4.78, 5) is 16.7. The first-order valence-electron chi connectivity index (χ1n) is 7.80. The number of aromatic nitrogens is 4. The summed E-state index contributed by atoms with van der Waals surface area (Å²) < 4.78 is 3.58. The summed E-state index contributed by atoms with van der Waals surface area (Å²) in [6.07, 6.45) is 6.00. The summed E-state index contributed by atoms with van der Waals surface area (Å²) >= 11 is 0. The smallest absolute Gasteiger partial charge is 0.279 e. The molecule has 1 N–H and O–H groups in total. The maximum absolute atomic E-state index is 12.4. The second-order valence-corrected chi connectivity index (χ2v) is 6.77. The van der Waals surface area contributed by atoms with Crippen molar-refractivity contribution in [2.75, 3.05) is 6.54 Å². The molecular formula is C15H22ClN5O. The first-order valence-corrected chi connectivity index (χ1v) is 7.80. The molecule has 4 rings (SSSR count). The van der Waals surface area contributed by atoms with Gasteiger partial charge >= 0.3 is 0 Å². The van der Waals surface area contributed by atoms with Gasteiger partial charge in [-0.1, -0.05) is 13.8 Å². The highest BCUT2D eigenvalue weighted by atomic mass is 35.5. The summed E-state index contributed by atoms with van der Waals surface area (Å²) in [5, 5.41) is 7.65. The highest BCUT2D eigenvalue weighted by Crippen LogP contribution is 2.37. The number of nitrogens with one attached hydrogen (secondary N) is 1. The molecule has 120 valence electrons. The fourth-order valence-electron chi connectivity index (χ4n) is 3.93. The van der Waals surface area contributed by atoms with Gasteiger partial charge in [0.15, 0.2) is 0 Å². The molecule has 1 aliphatic heterocycles. The normalized spacial score (nSPS) is 26.8. The minimum atomic E-state index is -0.0386. The van der Waals surface area contributed by atoms with Crippen molar-refractivity contribution in [3.63, 3.8) is 0 Å². The third-order valence-corrected chi connectivity index (χ3v) is 5.08. The topological polar surface area (TPSA) is 64.2 Å². The van der Waals surface area contributed by atoms with Crippen molar-refractivity contribution in [2.45, 2.75) is 45.2 Å². The number of hydrogen-bond donors (Lipinski definition) is 1. The molecule has 0 aromatic carbocycles. The lowest BCUT2D eigenvalue weighted by Gasteiger charge is -2.24. The van der Waals surface area contributed by atoms with Crippen LogP contribution in [0.5, 0.6) is 0 Å². The molecular weight excluding hydrogens is 302 g/mol. The highest BCUT2D eigenvalue weighted by molar-refractivity contribution is 5.85. The molecule has 0 spiro atoms. The summed E-state index contributed by atoms with van der Waals surface area (Å²) in [5.41, 5.74) is 0.776. The van der Waals surface area contributed by atoms with Gasteiger partial charge in [-0.15, -0.1) is 12.4 Å². The van der Waals surface area contributed by atoms with E-state index in [1.165, 1.54) is 23.7 Å². The predicted molar refractivity (Wildman–Crippen MR) is 86.6 cm³/mol. The van der Waals surface area contributed by atoms with E-state index in [2.05, 4.69) is 20.0 Å². The van der Waals surface area contributed by atoms with Gasteiger partial charge in [-0.3, -0.25) is 4.79 Å². The van der Waals surface area contributed by atoms with Gasteiger partial charge in [0.2, 0.25) is 5.78 Å². The van der Waals surface area contributed by atoms with E-state index in [4.69, 9.17) is 0 Å². The predicted octanol–water partition coefficient (Wildman–Crippen LogP) is 1.43. The molecule has 2 fully saturated rings. The third kappa shape index (κ3) is 2.34. The van der Waals surface area contributed by atoms with E-state index in [1.54, 1.807) is 0 Å². The van der Waals surface area contributed by atoms with Crippen molar-refractivity contribution in [1.29, 1.82) is 0 Å². The molecule has 3 heterocycles. The summed E-state index contributed by atoms with van der Waals surface area (Å²) in [6.45, 7) is 6.16. The SMILES string of the molecule is CC(C)c1cn(C[C@@H]2C[C@@H]3C[C@H]2CN3)c2ncnn2c1=O.Cl. The molecule has 22 heavy (non-hydrogen) atoms. The van der Waals surface area contributed by atoms with E-state index in [-0.39, 0.29) is 23.9 Å². The van der Waals surface area contributed by atoms with Crippen molar-refractivity contribution in [1.82, 2.24) is 24.5 Å². The molecule has 2 aromatic rings. The highest BCUT2D eigenvalue weighted by Gasteiger charge is 2.39. The maximum atomic E-state index is 12.4. The van der Waals surface area contributed by atoms with E-state index >= 15 is 0 Å². The van der Waals surface area contributed by atoms with E-state index in [0.717, 1.165) is 24.6 Å². The lowest BCUT2D eigenvalue weighted by molar-refractivity contribution is 0.311. The molecule has 3 atom stereocenters. The summed E-state index contributed by atoms with van der Waals surface area (Å²) in [7, 11) is 0. The molecule has 2 aromatic heterocycles. The van der Waals surface area contributed by atoms with Crippen LogP contribution in [0.15, 0.2) is 17.3 Å². The van der Waals surface area contributed by atoms with Crippen molar-refractivity contribution in [3.05, 3.63) is 28.4 Å². The fourth-order valence-corrected chi connectivity index (χ4v) is 3.93. The van der Waals surface area contributed by atoms with Crippen LogP contribution in [-0.2, 0) is 6.54 Å². The largest absolute Gasteiger partial charge is 0.316 e. The molecule has 1 saturated heterocycles. The quantitative estimate of drug-likeness (QED) is 0.928. The van der Waals surface area contributed by atoms with E-state index in [9.17, 15) is 4.79 Å². The van der Waals surface area contributed by atoms with Gasteiger partial charge in [-0.2, -0.15) is 14.6 Å². The van der Waals surface area contributed by atoms with Gasteiger partial charge < -0.3 is 9.88 Å². The van der Waals surface area contributed by atoms with Gasteiger partial charge in [0, 0.05) is 24.3 Å². The minimum absolute atomic E-state index is 0.